The van der Waals surface area contributed by atoms with Gasteiger partial charge in [0.05, 0.1) is 17.6 Å². The summed E-state index contributed by atoms with van der Waals surface area (Å²) in [7, 11) is -3.31. The Morgan fingerprint density at radius 1 is 1.10 bits per heavy atom. The monoisotopic (exact) mass is 430 g/mol. The molecule has 29 heavy (non-hydrogen) atoms. The molecule has 1 fully saturated rings. The molecule has 0 spiro atoms. The van der Waals surface area contributed by atoms with Gasteiger partial charge in [0, 0.05) is 22.3 Å². The zero-order valence-electron chi connectivity index (χ0n) is 16.6. The van der Waals surface area contributed by atoms with Crippen molar-refractivity contribution >= 4 is 39.1 Å². The van der Waals surface area contributed by atoms with E-state index in [0.717, 1.165) is 29.0 Å². The third kappa shape index (κ3) is 4.61. The Bertz CT molecular complexity index is 1010. The van der Waals surface area contributed by atoms with Crippen LogP contribution in [0.5, 0.6) is 0 Å². The molecule has 0 unspecified atom stereocenters. The van der Waals surface area contributed by atoms with Crippen LogP contribution in [0.1, 0.15) is 48.0 Å². The molecule has 0 saturated heterocycles. The van der Waals surface area contributed by atoms with E-state index >= 15 is 0 Å². The first-order valence-corrected chi connectivity index (χ1v) is 12.8. The van der Waals surface area contributed by atoms with Gasteiger partial charge >= 0.3 is 0 Å². The summed E-state index contributed by atoms with van der Waals surface area (Å²) >= 11 is 1.85. The molecule has 2 aliphatic rings. The predicted octanol–water partition coefficient (Wildman–Crippen LogP) is 4.69. The van der Waals surface area contributed by atoms with Crippen LogP contribution in [0.25, 0.3) is 0 Å². The van der Waals surface area contributed by atoms with Crippen molar-refractivity contribution in [2.45, 2.75) is 48.7 Å². The van der Waals surface area contributed by atoms with Gasteiger partial charge in [-0.3, -0.25) is 9.10 Å². The normalized spacial score (nSPS) is 17.2. The SMILES string of the molecule is CS(=O)(=O)N1CCCc2cc(C(=O)Nc3ccccc3SC3CCCC3)ccc21. The first kappa shape index (κ1) is 20.3. The number of para-hydroxylation sites is 1. The van der Waals surface area contributed by atoms with Crippen LogP contribution in [-0.2, 0) is 16.4 Å². The molecular formula is C22H26N2O3S2. The van der Waals surface area contributed by atoms with Crippen LogP contribution in [0, 0.1) is 0 Å². The molecule has 0 bridgehead atoms. The Balaban J connectivity index is 1.54. The maximum Gasteiger partial charge on any atom is 0.255 e. The van der Waals surface area contributed by atoms with Crippen molar-refractivity contribution in [3.63, 3.8) is 0 Å². The number of carbonyl (C=O) groups excluding carboxylic acids is 1. The summed E-state index contributed by atoms with van der Waals surface area (Å²) in [4.78, 5) is 14.0. The maximum absolute atomic E-state index is 12.9. The second kappa shape index (κ2) is 8.40. The smallest absolute Gasteiger partial charge is 0.255 e. The van der Waals surface area contributed by atoms with Gasteiger partial charge in [0.1, 0.15) is 0 Å². The molecule has 2 aromatic carbocycles. The summed E-state index contributed by atoms with van der Waals surface area (Å²) in [5.74, 6) is -0.163. The van der Waals surface area contributed by atoms with E-state index in [1.54, 1.807) is 12.1 Å². The highest BCUT2D eigenvalue weighted by atomic mass is 32.2. The fourth-order valence-electron chi connectivity index (χ4n) is 4.10. The minimum Gasteiger partial charge on any atom is -0.321 e. The van der Waals surface area contributed by atoms with Crippen LogP contribution >= 0.6 is 11.8 Å². The van der Waals surface area contributed by atoms with Gasteiger partial charge in [-0.05, 0) is 61.6 Å². The standard InChI is InChI=1S/C22H26N2O3S2/c1-29(26,27)24-14-6-7-16-15-17(12-13-20(16)24)22(25)23-19-10-4-5-11-21(19)28-18-8-2-3-9-18/h4-5,10-13,15,18H,2-3,6-9,14H2,1H3,(H,23,25). The first-order valence-electron chi connectivity index (χ1n) is 10.1. The van der Waals surface area contributed by atoms with E-state index < -0.39 is 10.0 Å². The molecule has 5 nitrogen and oxygen atoms in total. The third-order valence-electron chi connectivity index (χ3n) is 5.55. The molecule has 1 aliphatic heterocycles. The summed E-state index contributed by atoms with van der Waals surface area (Å²) in [6.45, 7) is 0.489. The second-order valence-corrected chi connectivity index (χ2v) is 11.0. The molecule has 1 heterocycles. The van der Waals surface area contributed by atoms with E-state index in [-0.39, 0.29) is 5.91 Å². The Hall–Kier alpha value is -1.99. The van der Waals surface area contributed by atoms with Crippen LogP contribution in [0.2, 0.25) is 0 Å². The quantitative estimate of drug-likeness (QED) is 0.748. The summed E-state index contributed by atoms with van der Waals surface area (Å²) in [6, 6.07) is 13.2. The van der Waals surface area contributed by atoms with Gasteiger partial charge in [0.25, 0.3) is 5.91 Å². The lowest BCUT2D eigenvalue weighted by Crippen LogP contribution is -2.34. The molecule has 0 aromatic heterocycles. The van der Waals surface area contributed by atoms with E-state index in [1.807, 2.05) is 36.0 Å². The summed E-state index contributed by atoms with van der Waals surface area (Å²) in [6.07, 6.45) is 7.78. The average Bonchev–Trinajstić information content (AvgIpc) is 3.21. The number of thioether (sulfide) groups is 1. The molecule has 1 aliphatic carbocycles. The van der Waals surface area contributed by atoms with E-state index in [0.29, 0.717) is 23.0 Å². The highest BCUT2D eigenvalue weighted by Gasteiger charge is 2.25. The fraction of sp³-hybridized carbons (Fsp3) is 0.409. The fourth-order valence-corrected chi connectivity index (χ4v) is 6.43. The Morgan fingerprint density at radius 2 is 1.86 bits per heavy atom. The van der Waals surface area contributed by atoms with Gasteiger partial charge in [-0.25, -0.2) is 8.42 Å². The zero-order chi connectivity index (χ0) is 20.4. The van der Waals surface area contributed by atoms with Crippen LogP contribution in [-0.4, -0.2) is 32.4 Å². The van der Waals surface area contributed by atoms with Crippen molar-refractivity contribution in [1.82, 2.24) is 0 Å². The van der Waals surface area contributed by atoms with Crippen LogP contribution in [0.4, 0.5) is 11.4 Å². The molecule has 0 radical (unpaired) electrons. The van der Waals surface area contributed by atoms with Crippen LogP contribution in [0.3, 0.4) is 0 Å². The Labute approximate surface area is 176 Å². The number of carbonyl (C=O) groups is 1. The van der Waals surface area contributed by atoms with Crippen molar-refractivity contribution in [3.05, 3.63) is 53.6 Å². The lowest BCUT2D eigenvalue weighted by molar-refractivity contribution is 0.102. The van der Waals surface area contributed by atoms with Crippen molar-refractivity contribution in [3.8, 4) is 0 Å². The van der Waals surface area contributed by atoms with Crippen molar-refractivity contribution < 1.29 is 13.2 Å². The summed E-state index contributed by atoms with van der Waals surface area (Å²) in [5, 5.41) is 3.68. The van der Waals surface area contributed by atoms with Crippen molar-refractivity contribution in [1.29, 1.82) is 0 Å². The number of nitrogens with one attached hydrogen (secondary N) is 1. The number of anilines is 2. The third-order valence-corrected chi connectivity index (χ3v) is 8.14. The predicted molar refractivity (Wildman–Crippen MR) is 119 cm³/mol. The molecule has 0 atom stereocenters. The van der Waals surface area contributed by atoms with Gasteiger partial charge in [0.15, 0.2) is 0 Å². The lowest BCUT2D eigenvalue weighted by atomic mass is 10.0. The molecule has 2 aromatic rings. The number of aryl methyl sites for hydroxylation is 1. The van der Waals surface area contributed by atoms with Gasteiger partial charge < -0.3 is 5.32 Å². The first-order chi connectivity index (χ1) is 13.9. The van der Waals surface area contributed by atoms with Gasteiger partial charge in [0.2, 0.25) is 10.0 Å². The number of nitrogens with zero attached hydrogens (tertiary/aromatic N) is 1. The highest BCUT2D eigenvalue weighted by molar-refractivity contribution is 8.00. The zero-order valence-corrected chi connectivity index (χ0v) is 18.2. The number of rotatable bonds is 5. The number of fused-ring (bicyclic) bond motifs is 1. The van der Waals surface area contributed by atoms with Gasteiger partial charge in [-0.1, -0.05) is 25.0 Å². The second-order valence-electron chi connectivity index (χ2n) is 7.76. The van der Waals surface area contributed by atoms with E-state index in [1.165, 1.54) is 36.2 Å². The average molecular weight is 431 g/mol. The maximum atomic E-state index is 12.9. The van der Waals surface area contributed by atoms with Gasteiger partial charge in [-0.15, -0.1) is 11.8 Å². The summed E-state index contributed by atoms with van der Waals surface area (Å²) < 4.78 is 25.5. The molecule has 4 rings (SSSR count). The molecule has 1 amide bonds. The molecule has 7 heteroatoms. The molecule has 1 N–H and O–H groups in total. The van der Waals surface area contributed by atoms with E-state index in [2.05, 4.69) is 11.4 Å². The highest BCUT2D eigenvalue weighted by Crippen LogP contribution is 2.38. The molecule has 154 valence electrons. The van der Waals surface area contributed by atoms with Crippen LogP contribution in [0.15, 0.2) is 47.4 Å². The van der Waals surface area contributed by atoms with Gasteiger partial charge in [-0.2, -0.15) is 0 Å². The number of amides is 1. The molecule has 1 saturated carbocycles. The van der Waals surface area contributed by atoms with E-state index in [4.69, 9.17) is 0 Å². The number of sulfonamides is 1. The van der Waals surface area contributed by atoms with E-state index in [9.17, 15) is 13.2 Å². The lowest BCUT2D eigenvalue weighted by Gasteiger charge is -2.29. The summed E-state index contributed by atoms with van der Waals surface area (Å²) in [5.41, 5.74) is 2.99. The number of benzene rings is 2. The van der Waals surface area contributed by atoms with Crippen LogP contribution < -0.4 is 9.62 Å². The number of hydrogen-bond donors (Lipinski definition) is 1. The Morgan fingerprint density at radius 3 is 2.62 bits per heavy atom. The topological polar surface area (TPSA) is 66.5 Å². The molecular weight excluding hydrogens is 404 g/mol. The van der Waals surface area contributed by atoms with Crippen molar-refractivity contribution in [2.75, 3.05) is 22.4 Å². The minimum atomic E-state index is -3.31. The van der Waals surface area contributed by atoms with Crippen molar-refractivity contribution in [2.24, 2.45) is 0 Å². The largest absolute Gasteiger partial charge is 0.321 e. The minimum absolute atomic E-state index is 0.163. The number of hydrogen-bond acceptors (Lipinski definition) is 4. The Kier molecular flexibility index (Phi) is 5.88.